The highest BCUT2D eigenvalue weighted by Crippen LogP contribution is 2.19. The normalized spacial score (nSPS) is 16.7. The van der Waals surface area contributed by atoms with Crippen molar-refractivity contribution in [2.45, 2.75) is 38.6 Å². The molecule has 100 valence electrons. The lowest BCUT2D eigenvalue weighted by Crippen LogP contribution is -2.20. The Kier molecular flexibility index (Phi) is 3.79. The van der Waals surface area contributed by atoms with Gasteiger partial charge in [-0.25, -0.2) is 0 Å². The average molecular weight is 254 g/mol. The first-order valence-electron chi connectivity index (χ1n) is 7.39. The van der Waals surface area contributed by atoms with E-state index in [-0.39, 0.29) is 0 Å². The number of nitrogens with one attached hydrogen (secondary N) is 1. The molecule has 0 saturated heterocycles. The van der Waals surface area contributed by atoms with Gasteiger partial charge >= 0.3 is 0 Å². The molecule has 1 N–H and O–H groups in total. The third-order valence-electron chi connectivity index (χ3n) is 3.86. The van der Waals surface area contributed by atoms with E-state index in [9.17, 15) is 0 Å². The molecule has 0 bridgehead atoms. The number of benzene rings is 1. The summed E-state index contributed by atoms with van der Waals surface area (Å²) in [6.45, 7) is 3.48. The van der Waals surface area contributed by atoms with Crippen molar-refractivity contribution in [1.29, 1.82) is 0 Å². The molecule has 1 atom stereocenters. The van der Waals surface area contributed by atoms with E-state index in [0.29, 0.717) is 5.92 Å². The van der Waals surface area contributed by atoms with E-state index in [1.54, 1.807) is 0 Å². The molecule has 0 radical (unpaired) electrons. The van der Waals surface area contributed by atoms with Gasteiger partial charge in [0.1, 0.15) is 0 Å². The van der Waals surface area contributed by atoms with Crippen LogP contribution >= 0.6 is 0 Å². The number of fused-ring (bicyclic) bond motifs is 1. The van der Waals surface area contributed by atoms with E-state index in [1.165, 1.54) is 30.3 Å². The van der Waals surface area contributed by atoms with Gasteiger partial charge in [0.15, 0.2) is 0 Å². The number of pyridine rings is 1. The highest BCUT2D eigenvalue weighted by atomic mass is 14.9. The molecule has 1 heterocycles. The summed E-state index contributed by atoms with van der Waals surface area (Å²) in [5, 5.41) is 4.81. The van der Waals surface area contributed by atoms with Crippen LogP contribution in [0.2, 0.25) is 0 Å². The fourth-order valence-corrected chi connectivity index (χ4v) is 2.50. The first-order chi connectivity index (χ1) is 9.31. The van der Waals surface area contributed by atoms with E-state index >= 15 is 0 Å². The van der Waals surface area contributed by atoms with Crippen LogP contribution in [0.15, 0.2) is 36.4 Å². The van der Waals surface area contributed by atoms with Crippen molar-refractivity contribution in [3.63, 3.8) is 0 Å². The molecular formula is C17H22N2. The Morgan fingerprint density at radius 2 is 2.05 bits per heavy atom. The molecule has 1 aromatic carbocycles. The van der Waals surface area contributed by atoms with Gasteiger partial charge < -0.3 is 5.32 Å². The Morgan fingerprint density at radius 1 is 1.21 bits per heavy atom. The number of hydrogen-bond donors (Lipinski definition) is 1. The highest BCUT2D eigenvalue weighted by molar-refractivity contribution is 5.78. The van der Waals surface area contributed by atoms with Gasteiger partial charge in [0.25, 0.3) is 0 Å². The molecule has 0 amide bonds. The summed E-state index contributed by atoms with van der Waals surface area (Å²) in [6, 6.07) is 13.5. The van der Waals surface area contributed by atoms with E-state index in [2.05, 4.69) is 48.6 Å². The van der Waals surface area contributed by atoms with Crippen LogP contribution in [0.1, 0.15) is 31.9 Å². The molecule has 1 saturated carbocycles. The summed E-state index contributed by atoms with van der Waals surface area (Å²) >= 11 is 0. The van der Waals surface area contributed by atoms with Crippen molar-refractivity contribution >= 4 is 10.9 Å². The van der Waals surface area contributed by atoms with E-state index in [1.807, 2.05) is 0 Å². The van der Waals surface area contributed by atoms with Crippen LogP contribution in [-0.4, -0.2) is 17.6 Å². The number of aromatic nitrogens is 1. The third kappa shape index (κ3) is 3.54. The van der Waals surface area contributed by atoms with Crippen LogP contribution in [0.5, 0.6) is 0 Å². The molecule has 19 heavy (non-hydrogen) atoms. The summed E-state index contributed by atoms with van der Waals surface area (Å²) in [5.74, 6) is 0.694. The second-order valence-electron chi connectivity index (χ2n) is 5.82. The van der Waals surface area contributed by atoms with Gasteiger partial charge in [-0.2, -0.15) is 0 Å². The van der Waals surface area contributed by atoms with Crippen LogP contribution in [0.3, 0.4) is 0 Å². The van der Waals surface area contributed by atoms with Crippen molar-refractivity contribution in [3.8, 4) is 0 Å². The van der Waals surface area contributed by atoms with Crippen molar-refractivity contribution in [2.75, 3.05) is 6.54 Å². The summed E-state index contributed by atoms with van der Waals surface area (Å²) < 4.78 is 0. The monoisotopic (exact) mass is 254 g/mol. The number of rotatable bonds is 6. The zero-order chi connectivity index (χ0) is 13.1. The van der Waals surface area contributed by atoms with E-state index in [0.717, 1.165) is 24.5 Å². The van der Waals surface area contributed by atoms with Crippen molar-refractivity contribution in [1.82, 2.24) is 10.3 Å². The van der Waals surface area contributed by atoms with E-state index in [4.69, 9.17) is 4.98 Å². The standard InChI is InChI=1S/C17H22N2/c1-13(10-11-18-15-8-9-15)12-16-7-6-14-4-2-3-5-17(14)19-16/h2-7,13,15,18H,8-12H2,1H3. The smallest absolute Gasteiger partial charge is 0.0705 e. The molecule has 2 aromatic rings. The van der Waals surface area contributed by atoms with Crippen molar-refractivity contribution < 1.29 is 0 Å². The molecule has 1 aliphatic carbocycles. The lowest BCUT2D eigenvalue weighted by Gasteiger charge is -2.11. The molecule has 1 fully saturated rings. The van der Waals surface area contributed by atoms with Crippen LogP contribution in [0.25, 0.3) is 10.9 Å². The van der Waals surface area contributed by atoms with Crippen LogP contribution in [-0.2, 0) is 6.42 Å². The SMILES string of the molecule is CC(CCNC1CC1)Cc1ccc2ccccc2n1. The largest absolute Gasteiger partial charge is 0.314 e. The van der Waals surface area contributed by atoms with E-state index < -0.39 is 0 Å². The van der Waals surface area contributed by atoms with Crippen LogP contribution in [0, 0.1) is 5.92 Å². The summed E-state index contributed by atoms with van der Waals surface area (Å²) in [4.78, 5) is 4.75. The Balaban J connectivity index is 1.57. The minimum atomic E-state index is 0.694. The molecule has 2 heteroatoms. The van der Waals surface area contributed by atoms with Crippen LogP contribution < -0.4 is 5.32 Å². The predicted octanol–water partition coefficient (Wildman–Crippen LogP) is 3.56. The van der Waals surface area contributed by atoms with Crippen molar-refractivity contribution in [2.24, 2.45) is 5.92 Å². The Bertz CT molecular complexity index is 546. The Hall–Kier alpha value is -1.41. The van der Waals surface area contributed by atoms with Crippen LogP contribution in [0.4, 0.5) is 0 Å². The Morgan fingerprint density at radius 3 is 2.89 bits per heavy atom. The summed E-state index contributed by atoms with van der Waals surface area (Å²) in [5.41, 5.74) is 2.33. The first kappa shape index (κ1) is 12.6. The zero-order valence-corrected chi connectivity index (χ0v) is 11.6. The molecular weight excluding hydrogens is 232 g/mol. The first-order valence-corrected chi connectivity index (χ1v) is 7.39. The molecule has 1 aliphatic rings. The molecule has 1 aromatic heterocycles. The average Bonchev–Trinajstić information content (AvgIpc) is 3.23. The second kappa shape index (κ2) is 5.70. The molecule has 0 aliphatic heterocycles. The molecule has 0 spiro atoms. The molecule has 3 rings (SSSR count). The minimum absolute atomic E-state index is 0.694. The summed E-state index contributed by atoms with van der Waals surface area (Å²) in [6.07, 6.45) is 5.07. The van der Waals surface area contributed by atoms with Gasteiger partial charge in [-0.05, 0) is 50.3 Å². The van der Waals surface area contributed by atoms with Gasteiger partial charge in [-0.15, -0.1) is 0 Å². The van der Waals surface area contributed by atoms with Gasteiger partial charge in [-0.1, -0.05) is 31.2 Å². The zero-order valence-electron chi connectivity index (χ0n) is 11.6. The van der Waals surface area contributed by atoms with Gasteiger partial charge in [0.2, 0.25) is 0 Å². The third-order valence-corrected chi connectivity index (χ3v) is 3.86. The van der Waals surface area contributed by atoms with Crippen molar-refractivity contribution in [3.05, 3.63) is 42.1 Å². The maximum absolute atomic E-state index is 4.75. The fourth-order valence-electron chi connectivity index (χ4n) is 2.50. The topological polar surface area (TPSA) is 24.9 Å². The highest BCUT2D eigenvalue weighted by Gasteiger charge is 2.19. The lowest BCUT2D eigenvalue weighted by atomic mass is 10.0. The number of para-hydroxylation sites is 1. The fraction of sp³-hybridized carbons (Fsp3) is 0.471. The molecule has 2 nitrogen and oxygen atoms in total. The second-order valence-corrected chi connectivity index (χ2v) is 5.82. The minimum Gasteiger partial charge on any atom is -0.314 e. The van der Waals surface area contributed by atoms with Gasteiger partial charge in [0, 0.05) is 17.1 Å². The van der Waals surface area contributed by atoms with Gasteiger partial charge in [0.05, 0.1) is 5.52 Å². The summed E-state index contributed by atoms with van der Waals surface area (Å²) in [7, 11) is 0. The quantitative estimate of drug-likeness (QED) is 0.852. The predicted molar refractivity (Wildman–Crippen MR) is 80.3 cm³/mol. The maximum atomic E-state index is 4.75. The Labute approximate surface area is 115 Å². The molecule has 1 unspecified atom stereocenters. The lowest BCUT2D eigenvalue weighted by molar-refractivity contribution is 0.493. The number of nitrogens with zero attached hydrogens (tertiary/aromatic N) is 1. The van der Waals surface area contributed by atoms with Gasteiger partial charge in [-0.3, -0.25) is 4.98 Å². The maximum Gasteiger partial charge on any atom is 0.0705 e. The number of hydrogen-bond acceptors (Lipinski definition) is 2.